The molecule has 0 amide bonds. The Morgan fingerprint density at radius 2 is 1.57 bits per heavy atom. The van der Waals surface area contributed by atoms with Crippen LogP contribution in [0, 0.1) is 0 Å². The molecule has 0 bridgehead atoms. The highest BCUT2D eigenvalue weighted by molar-refractivity contribution is 7.92. The molecule has 37 heavy (non-hydrogen) atoms. The van der Waals surface area contributed by atoms with Gasteiger partial charge < -0.3 is 5.11 Å². The summed E-state index contributed by atoms with van der Waals surface area (Å²) < 4.78 is 27.4. The van der Waals surface area contributed by atoms with Crippen LogP contribution in [0.5, 0.6) is 0 Å². The molecule has 1 aromatic heterocycles. The number of carboxylic acids is 1. The molecule has 0 aliphatic heterocycles. The molecule has 3 aromatic carbocycles. The number of fused-ring (bicyclic) bond motifs is 1. The quantitative estimate of drug-likeness (QED) is 0.355. The Bertz CT molecular complexity index is 1580. The van der Waals surface area contributed by atoms with Crippen molar-refractivity contribution in [3.8, 4) is 11.1 Å². The van der Waals surface area contributed by atoms with Crippen LogP contribution in [0.1, 0.15) is 31.7 Å². The summed E-state index contributed by atoms with van der Waals surface area (Å²) in [7, 11) is -3.97. The third kappa shape index (κ3) is 5.69. The number of benzene rings is 3. The fraction of sp³-hybridized carbons (Fsp3) is 0.259. The summed E-state index contributed by atoms with van der Waals surface area (Å²) in [6, 6.07) is 20.0. The summed E-state index contributed by atoms with van der Waals surface area (Å²) in [5.74, 6) is -0.926. The van der Waals surface area contributed by atoms with Gasteiger partial charge in [0.25, 0.3) is 5.56 Å². The van der Waals surface area contributed by atoms with Gasteiger partial charge in [-0.15, -0.1) is 5.10 Å². The molecule has 1 N–H and O–H groups in total. The minimum Gasteiger partial charge on any atom is -0.480 e. The van der Waals surface area contributed by atoms with Gasteiger partial charge in [0.15, 0.2) is 0 Å². The van der Waals surface area contributed by atoms with Gasteiger partial charge >= 0.3 is 5.97 Å². The molecule has 9 nitrogen and oxygen atoms in total. The van der Waals surface area contributed by atoms with Gasteiger partial charge in [0.05, 0.1) is 17.3 Å². The van der Waals surface area contributed by atoms with E-state index in [2.05, 4.69) is 36.3 Å². The van der Waals surface area contributed by atoms with Gasteiger partial charge in [-0.05, 0) is 53.3 Å². The van der Waals surface area contributed by atoms with E-state index in [-0.39, 0.29) is 18.7 Å². The fourth-order valence-corrected chi connectivity index (χ4v) is 5.38. The molecule has 4 aromatic rings. The molecule has 0 spiro atoms. The summed E-state index contributed by atoms with van der Waals surface area (Å²) >= 11 is 0. The number of nitrogens with zero attached hydrogens (tertiary/aromatic N) is 4. The Morgan fingerprint density at radius 3 is 2.14 bits per heavy atom. The molecule has 1 heterocycles. The maximum Gasteiger partial charge on any atom is 0.327 e. The van der Waals surface area contributed by atoms with E-state index in [1.54, 1.807) is 48.5 Å². The lowest BCUT2D eigenvalue weighted by atomic mass is 9.99. The maximum atomic E-state index is 12.8. The van der Waals surface area contributed by atoms with E-state index >= 15 is 0 Å². The summed E-state index contributed by atoms with van der Waals surface area (Å²) in [6.07, 6.45) is 0.775. The summed E-state index contributed by atoms with van der Waals surface area (Å²) in [5.41, 5.74) is 3.27. The van der Waals surface area contributed by atoms with Crippen molar-refractivity contribution >= 4 is 32.6 Å². The monoisotopic (exact) mass is 520 g/mol. The number of sulfonamides is 1. The average molecular weight is 521 g/mol. The molecule has 0 radical (unpaired) electrons. The van der Waals surface area contributed by atoms with Crippen molar-refractivity contribution in [2.24, 2.45) is 0 Å². The minimum absolute atomic E-state index is 0.125. The van der Waals surface area contributed by atoms with Crippen LogP contribution in [-0.4, -0.2) is 46.8 Å². The SMILES string of the molecule is CC(C)c1ccc(-c2ccc(N([C@H](CCn3nnc4ccccc4c3=O)C(=O)O)S(C)(=O)=O)cc2)cc1. The van der Waals surface area contributed by atoms with Crippen LogP contribution in [0.3, 0.4) is 0 Å². The van der Waals surface area contributed by atoms with E-state index in [0.29, 0.717) is 16.8 Å². The zero-order valence-electron chi connectivity index (χ0n) is 20.8. The first-order chi connectivity index (χ1) is 17.6. The molecule has 1 atom stereocenters. The molecule has 4 rings (SSSR count). The molecule has 0 unspecified atom stereocenters. The Labute approximate surface area is 215 Å². The normalized spacial score (nSPS) is 12.5. The van der Waals surface area contributed by atoms with E-state index in [1.807, 2.05) is 12.1 Å². The number of carbonyl (C=O) groups is 1. The lowest BCUT2D eigenvalue weighted by Gasteiger charge is -2.29. The third-order valence-corrected chi connectivity index (χ3v) is 7.38. The van der Waals surface area contributed by atoms with Gasteiger partial charge in [-0.3, -0.25) is 9.10 Å². The number of aliphatic carboxylic acids is 1. The van der Waals surface area contributed by atoms with Crippen molar-refractivity contribution in [2.45, 2.75) is 38.8 Å². The van der Waals surface area contributed by atoms with Crippen molar-refractivity contribution in [3.63, 3.8) is 0 Å². The van der Waals surface area contributed by atoms with E-state index in [0.717, 1.165) is 26.4 Å². The van der Waals surface area contributed by atoms with Crippen molar-refractivity contribution in [3.05, 3.63) is 88.7 Å². The second-order valence-electron chi connectivity index (χ2n) is 9.16. The highest BCUT2D eigenvalue weighted by atomic mass is 32.2. The maximum absolute atomic E-state index is 12.8. The average Bonchev–Trinajstić information content (AvgIpc) is 2.87. The lowest BCUT2D eigenvalue weighted by molar-refractivity contribution is -0.138. The number of hydrogen-bond acceptors (Lipinski definition) is 6. The van der Waals surface area contributed by atoms with Crippen molar-refractivity contribution in [1.82, 2.24) is 15.0 Å². The van der Waals surface area contributed by atoms with Crippen LogP contribution in [0.2, 0.25) is 0 Å². The third-order valence-electron chi connectivity index (χ3n) is 6.20. The Kier molecular flexibility index (Phi) is 7.40. The van der Waals surface area contributed by atoms with Gasteiger partial charge in [0.2, 0.25) is 10.0 Å². The van der Waals surface area contributed by atoms with Gasteiger partial charge in [-0.2, -0.15) is 0 Å². The van der Waals surface area contributed by atoms with Crippen molar-refractivity contribution in [2.75, 3.05) is 10.6 Å². The largest absolute Gasteiger partial charge is 0.480 e. The first kappa shape index (κ1) is 26.0. The first-order valence-electron chi connectivity index (χ1n) is 11.8. The fourth-order valence-electron chi connectivity index (χ4n) is 4.22. The zero-order valence-corrected chi connectivity index (χ0v) is 21.6. The Morgan fingerprint density at radius 1 is 0.973 bits per heavy atom. The number of carboxylic acid groups (broad SMARTS) is 1. The number of hydrogen-bond donors (Lipinski definition) is 1. The van der Waals surface area contributed by atoms with Gasteiger partial charge in [-0.25, -0.2) is 17.9 Å². The Hall–Kier alpha value is -4.05. The van der Waals surface area contributed by atoms with Crippen LogP contribution < -0.4 is 9.86 Å². The molecule has 192 valence electrons. The van der Waals surface area contributed by atoms with Gasteiger partial charge in [0, 0.05) is 6.54 Å². The highest BCUT2D eigenvalue weighted by Crippen LogP contribution is 2.28. The summed E-state index contributed by atoms with van der Waals surface area (Å²) in [6.45, 7) is 4.11. The molecular weight excluding hydrogens is 492 g/mol. The van der Waals surface area contributed by atoms with Crippen LogP contribution in [0.4, 0.5) is 5.69 Å². The molecule has 0 aliphatic carbocycles. The van der Waals surface area contributed by atoms with Crippen molar-refractivity contribution in [1.29, 1.82) is 0 Å². The molecular formula is C27H28N4O5S. The van der Waals surface area contributed by atoms with E-state index in [9.17, 15) is 23.1 Å². The predicted molar refractivity (Wildman–Crippen MR) is 143 cm³/mol. The lowest BCUT2D eigenvalue weighted by Crippen LogP contribution is -2.46. The zero-order chi connectivity index (χ0) is 26.7. The predicted octanol–water partition coefficient (Wildman–Crippen LogP) is 3.89. The van der Waals surface area contributed by atoms with Crippen LogP contribution in [0.25, 0.3) is 22.0 Å². The number of rotatable bonds is 9. The van der Waals surface area contributed by atoms with Crippen LogP contribution in [0.15, 0.2) is 77.6 Å². The van der Waals surface area contributed by atoms with Crippen molar-refractivity contribution < 1.29 is 18.3 Å². The topological polar surface area (TPSA) is 122 Å². The van der Waals surface area contributed by atoms with Crippen LogP contribution >= 0.6 is 0 Å². The smallest absolute Gasteiger partial charge is 0.327 e. The van der Waals surface area contributed by atoms with Crippen LogP contribution in [-0.2, 0) is 21.4 Å². The van der Waals surface area contributed by atoms with Gasteiger partial charge in [-0.1, -0.05) is 67.6 Å². The molecule has 0 fully saturated rings. The number of aromatic nitrogens is 3. The standard InChI is InChI=1S/C27H28N4O5S/c1-18(2)19-8-10-20(11-9-19)21-12-14-22(15-13-21)31(37(3,35)36)25(27(33)34)16-17-30-26(32)23-6-4-5-7-24(23)28-29-30/h4-15,18,25H,16-17H2,1-3H3,(H,33,34)/t25-/m1/s1. The highest BCUT2D eigenvalue weighted by Gasteiger charge is 2.33. The number of aryl methyl sites for hydroxylation is 1. The second kappa shape index (κ2) is 10.5. The molecule has 0 saturated heterocycles. The second-order valence-corrected chi connectivity index (χ2v) is 11.0. The summed E-state index contributed by atoms with van der Waals surface area (Å²) in [4.78, 5) is 25.0. The Balaban J connectivity index is 1.62. The van der Waals surface area contributed by atoms with E-state index in [1.165, 1.54) is 5.56 Å². The van der Waals surface area contributed by atoms with E-state index < -0.39 is 27.6 Å². The minimum atomic E-state index is -3.97. The molecule has 0 aliphatic rings. The van der Waals surface area contributed by atoms with Gasteiger partial charge in [0.1, 0.15) is 11.6 Å². The number of anilines is 1. The first-order valence-corrected chi connectivity index (χ1v) is 13.7. The van der Waals surface area contributed by atoms with E-state index in [4.69, 9.17) is 0 Å². The molecule has 10 heteroatoms. The molecule has 0 saturated carbocycles. The summed E-state index contributed by atoms with van der Waals surface area (Å²) in [5, 5.41) is 18.2.